The molecule has 18 heavy (non-hydrogen) atoms. The van der Waals surface area contributed by atoms with E-state index < -0.39 is 6.09 Å². The molecule has 6 nitrogen and oxygen atoms in total. The van der Waals surface area contributed by atoms with Gasteiger partial charge in [-0.1, -0.05) is 29.8 Å². The number of hydrogen-bond acceptors (Lipinski definition) is 4. The summed E-state index contributed by atoms with van der Waals surface area (Å²) < 4.78 is 0. The van der Waals surface area contributed by atoms with Crippen LogP contribution in [0.3, 0.4) is 0 Å². The summed E-state index contributed by atoms with van der Waals surface area (Å²) in [6.07, 6.45) is -1.21. The first kappa shape index (κ1) is 12.1. The first-order chi connectivity index (χ1) is 8.63. The van der Waals surface area contributed by atoms with Crippen LogP contribution in [0, 0.1) is 0 Å². The molecule has 2 rings (SSSR count). The minimum absolute atomic E-state index is 0.112. The maximum absolute atomic E-state index is 10.5. The van der Waals surface area contributed by atoms with Crippen molar-refractivity contribution in [1.82, 2.24) is 9.97 Å². The van der Waals surface area contributed by atoms with Gasteiger partial charge in [0, 0.05) is 11.8 Å². The molecule has 0 fully saturated rings. The fourth-order valence-corrected chi connectivity index (χ4v) is 1.48. The number of para-hydroxylation sites is 1. The van der Waals surface area contributed by atoms with Crippen LogP contribution in [-0.2, 0) is 0 Å². The number of hydrogen-bond donors (Lipinski definition) is 3. The van der Waals surface area contributed by atoms with E-state index in [2.05, 4.69) is 20.6 Å². The van der Waals surface area contributed by atoms with Gasteiger partial charge in [0.1, 0.15) is 11.0 Å². The summed E-state index contributed by atoms with van der Waals surface area (Å²) in [5.41, 5.74) is 0.779. The second-order valence-corrected chi connectivity index (χ2v) is 3.71. The third kappa shape index (κ3) is 3.33. The molecule has 3 N–H and O–H groups in total. The van der Waals surface area contributed by atoms with Gasteiger partial charge in [-0.3, -0.25) is 5.32 Å². The molecule has 0 aliphatic carbocycles. The molecule has 0 bridgehead atoms. The van der Waals surface area contributed by atoms with Crippen LogP contribution in [0.5, 0.6) is 0 Å². The minimum Gasteiger partial charge on any atom is -0.465 e. The number of carboxylic acid groups (broad SMARTS) is 1. The fourth-order valence-electron chi connectivity index (χ4n) is 1.30. The van der Waals surface area contributed by atoms with Gasteiger partial charge in [0.2, 0.25) is 5.95 Å². The Morgan fingerprint density at radius 3 is 2.61 bits per heavy atom. The SMILES string of the molecule is O=C(O)Nc1cc(Cl)nc(Nc2ccccc2)n1. The van der Waals surface area contributed by atoms with Crippen molar-refractivity contribution in [2.24, 2.45) is 0 Å². The molecule has 92 valence electrons. The van der Waals surface area contributed by atoms with Crippen molar-refractivity contribution in [2.45, 2.75) is 0 Å². The molecular formula is C11H9ClN4O2. The van der Waals surface area contributed by atoms with Gasteiger partial charge in [0.05, 0.1) is 0 Å². The average molecular weight is 265 g/mol. The zero-order valence-corrected chi connectivity index (χ0v) is 9.85. The molecule has 1 aromatic carbocycles. The van der Waals surface area contributed by atoms with Gasteiger partial charge >= 0.3 is 6.09 Å². The molecule has 1 amide bonds. The highest BCUT2D eigenvalue weighted by Gasteiger charge is 2.05. The van der Waals surface area contributed by atoms with E-state index in [0.29, 0.717) is 0 Å². The van der Waals surface area contributed by atoms with Gasteiger partial charge in [-0.05, 0) is 12.1 Å². The van der Waals surface area contributed by atoms with Gasteiger partial charge < -0.3 is 10.4 Å². The number of benzene rings is 1. The molecule has 1 aromatic heterocycles. The normalized spacial score (nSPS) is 9.83. The second kappa shape index (κ2) is 5.33. The highest BCUT2D eigenvalue weighted by molar-refractivity contribution is 6.29. The fraction of sp³-hybridized carbons (Fsp3) is 0. The van der Waals surface area contributed by atoms with E-state index in [4.69, 9.17) is 16.7 Å². The van der Waals surface area contributed by atoms with Gasteiger partial charge in [-0.2, -0.15) is 4.98 Å². The molecule has 0 saturated heterocycles. The van der Waals surface area contributed by atoms with E-state index in [1.807, 2.05) is 30.3 Å². The van der Waals surface area contributed by atoms with Crippen LogP contribution < -0.4 is 10.6 Å². The van der Waals surface area contributed by atoms with E-state index >= 15 is 0 Å². The number of nitrogens with one attached hydrogen (secondary N) is 2. The number of nitrogens with zero attached hydrogens (tertiary/aromatic N) is 2. The van der Waals surface area contributed by atoms with Crippen molar-refractivity contribution in [3.63, 3.8) is 0 Å². The number of amides is 1. The molecule has 7 heteroatoms. The summed E-state index contributed by atoms with van der Waals surface area (Å²) in [5.74, 6) is 0.332. The maximum atomic E-state index is 10.5. The Labute approximate surface area is 108 Å². The van der Waals surface area contributed by atoms with Crippen LogP contribution in [0.4, 0.5) is 22.2 Å². The van der Waals surface area contributed by atoms with Crippen LogP contribution >= 0.6 is 11.6 Å². The average Bonchev–Trinajstić information content (AvgIpc) is 2.28. The molecule has 1 heterocycles. The number of carbonyl (C=O) groups is 1. The van der Waals surface area contributed by atoms with Crippen LogP contribution in [0.15, 0.2) is 36.4 Å². The van der Waals surface area contributed by atoms with Crippen molar-refractivity contribution in [2.75, 3.05) is 10.6 Å². The number of aromatic nitrogens is 2. The lowest BCUT2D eigenvalue weighted by Gasteiger charge is -2.06. The van der Waals surface area contributed by atoms with E-state index in [9.17, 15) is 4.79 Å². The zero-order chi connectivity index (χ0) is 13.0. The van der Waals surface area contributed by atoms with Gasteiger partial charge in [-0.25, -0.2) is 9.78 Å². The second-order valence-electron chi connectivity index (χ2n) is 3.32. The Bertz CT molecular complexity index is 562. The summed E-state index contributed by atoms with van der Waals surface area (Å²) in [7, 11) is 0. The van der Waals surface area contributed by atoms with Crippen molar-refractivity contribution in [3.8, 4) is 0 Å². The van der Waals surface area contributed by atoms with Gasteiger partial charge in [-0.15, -0.1) is 0 Å². The first-order valence-electron chi connectivity index (χ1n) is 5.00. The molecule has 0 aliphatic heterocycles. The third-order valence-electron chi connectivity index (χ3n) is 1.96. The predicted molar refractivity (Wildman–Crippen MR) is 68.4 cm³/mol. The van der Waals surface area contributed by atoms with Gasteiger partial charge in [0.15, 0.2) is 0 Å². The Hall–Kier alpha value is -2.34. The Balaban J connectivity index is 2.23. The topological polar surface area (TPSA) is 87.1 Å². The Kier molecular flexibility index (Phi) is 3.59. The number of rotatable bonds is 3. The molecule has 0 saturated carbocycles. The smallest absolute Gasteiger partial charge is 0.410 e. The van der Waals surface area contributed by atoms with Crippen LogP contribution in [0.25, 0.3) is 0 Å². The molecule has 0 radical (unpaired) electrons. The molecular weight excluding hydrogens is 256 g/mol. The van der Waals surface area contributed by atoms with Crippen molar-refractivity contribution >= 4 is 35.1 Å². The van der Waals surface area contributed by atoms with E-state index in [0.717, 1.165) is 5.69 Å². The quantitative estimate of drug-likeness (QED) is 0.742. The Morgan fingerprint density at radius 1 is 1.22 bits per heavy atom. The monoisotopic (exact) mass is 264 g/mol. The third-order valence-corrected chi connectivity index (χ3v) is 2.15. The predicted octanol–water partition coefficient (Wildman–Crippen LogP) is 2.96. The number of anilines is 3. The summed E-state index contributed by atoms with van der Waals surface area (Å²) in [6, 6.07) is 10.6. The van der Waals surface area contributed by atoms with E-state index in [1.165, 1.54) is 6.07 Å². The molecule has 0 aliphatic rings. The molecule has 0 spiro atoms. The van der Waals surface area contributed by atoms with Crippen molar-refractivity contribution in [3.05, 3.63) is 41.6 Å². The Morgan fingerprint density at radius 2 is 1.94 bits per heavy atom. The lowest BCUT2D eigenvalue weighted by molar-refractivity contribution is 0.209. The standard InChI is InChI=1S/C11H9ClN4O2/c12-8-6-9(16-11(17)18)15-10(14-8)13-7-4-2-1-3-5-7/h1-6H,(H,17,18)(H2,13,14,15,16). The largest absolute Gasteiger partial charge is 0.465 e. The minimum atomic E-state index is -1.21. The first-order valence-corrected chi connectivity index (χ1v) is 5.38. The van der Waals surface area contributed by atoms with Crippen molar-refractivity contribution < 1.29 is 9.90 Å². The molecule has 2 aromatic rings. The maximum Gasteiger partial charge on any atom is 0.410 e. The van der Waals surface area contributed by atoms with Crippen molar-refractivity contribution in [1.29, 1.82) is 0 Å². The highest BCUT2D eigenvalue weighted by Crippen LogP contribution is 2.17. The van der Waals surface area contributed by atoms with Crippen LogP contribution in [-0.4, -0.2) is 21.2 Å². The summed E-state index contributed by atoms with van der Waals surface area (Å²) in [5, 5.41) is 13.8. The molecule has 0 atom stereocenters. The lowest BCUT2D eigenvalue weighted by Crippen LogP contribution is -2.10. The van der Waals surface area contributed by atoms with Gasteiger partial charge in [0.25, 0.3) is 0 Å². The summed E-state index contributed by atoms with van der Waals surface area (Å²) >= 11 is 5.78. The molecule has 0 unspecified atom stereocenters. The number of halogens is 1. The lowest BCUT2D eigenvalue weighted by atomic mass is 10.3. The summed E-state index contributed by atoms with van der Waals surface area (Å²) in [4.78, 5) is 18.4. The van der Waals surface area contributed by atoms with Crippen LogP contribution in [0.1, 0.15) is 0 Å². The zero-order valence-electron chi connectivity index (χ0n) is 9.09. The van der Waals surface area contributed by atoms with Crippen LogP contribution in [0.2, 0.25) is 5.15 Å². The highest BCUT2D eigenvalue weighted by atomic mass is 35.5. The van der Waals surface area contributed by atoms with E-state index in [1.54, 1.807) is 0 Å². The van der Waals surface area contributed by atoms with E-state index in [-0.39, 0.29) is 16.9 Å². The summed E-state index contributed by atoms with van der Waals surface area (Å²) in [6.45, 7) is 0.